The molecule has 1 heterocycles. The Kier molecular flexibility index (Phi) is 4.54. The Balaban J connectivity index is 2.44. The second kappa shape index (κ2) is 5.52. The topological polar surface area (TPSA) is 57.6 Å². The number of carbonyl (C=O) groups is 2. The fraction of sp³-hybridized carbons (Fsp3) is 0.846. The molecule has 0 aromatic rings. The Bertz CT molecular complexity index is 299. The van der Waals surface area contributed by atoms with Gasteiger partial charge in [0.05, 0.1) is 0 Å². The zero-order chi connectivity index (χ0) is 13.1. The molecule has 1 unspecified atom stereocenters. The van der Waals surface area contributed by atoms with Gasteiger partial charge < -0.3 is 10.0 Å². The molecule has 4 nitrogen and oxygen atoms in total. The maximum Gasteiger partial charge on any atom is 0.303 e. The summed E-state index contributed by atoms with van der Waals surface area (Å²) in [6.45, 7) is 7.79. The second-order valence-electron chi connectivity index (χ2n) is 5.99. The van der Waals surface area contributed by atoms with Crippen molar-refractivity contribution in [2.24, 2.45) is 11.3 Å². The van der Waals surface area contributed by atoms with Crippen LogP contribution in [0.15, 0.2) is 0 Å². The van der Waals surface area contributed by atoms with Gasteiger partial charge in [0.15, 0.2) is 0 Å². The lowest BCUT2D eigenvalue weighted by Crippen LogP contribution is -2.44. The number of carbonyl (C=O) groups excluding carboxylic acids is 1. The molecule has 0 saturated carbocycles. The largest absolute Gasteiger partial charge is 0.481 e. The van der Waals surface area contributed by atoms with Crippen LogP contribution in [0, 0.1) is 11.3 Å². The number of likely N-dealkylation sites (tertiary alicyclic amines) is 1. The van der Waals surface area contributed by atoms with Gasteiger partial charge in [0.1, 0.15) is 0 Å². The van der Waals surface area contributed by atoms with E-state index in [0.29, 0.717) is 6.42 Å². The van der Waals surface area contributed by atoms with Crippen LogP contribution in [-0.4, -0.2) is 35.0 Å². The predicted octanol–water partition coefficient (Wildman–Crippen LogP) is 2.14. The van der Waals surface area contributed by atoms with Crippen molar-refractivity contribution >= 4 is 11.9 Å². The second-order valence-corrected chi connectivity index (χ2v) is 5.99. The highest BCUT2D eigenvalue weighted by Crippen LogP contribution is 2.29. The Morgan fingerprint density at radius 2 is 2.00 bits per heavy atom. The van der Waals surface area contributed by atoms with Crippen molar-refractivity contribution in [2.45, 2.75) is 46.5 Å². The quantitative estimate of drug-likeness (QED) is 0.820. The van der Waals surface area contributed by atoms with E-state index in [-0.39, 0.29) is 23.7 Å². The molecule has 0 bridgehead atoms. The summed E-state index contributed by atoms with van der Waals surface area (Å²) in [5.41, 5.74) is 0.198. The number of carboxylic acid groups (broad SMARTS) is 1. The Morgan fingerprint density at radius 3 is 2.53 bits per heavy atom. The van der Waals surface area contributed by atoms with E-state index in [2.05, 4.69) is 13.8 Å². The molecule has 1 aliphatic rings. The molecule has 98 valence electrons. The number of nitrogens with zero attached hydrogens (tertiary/aromatic N) is 1. The SMILES string of the molecule is CC(CC(=O)O)CC(=O)N1CCCC(C)(C)C1. The lowest BCUT2D eigenvalue weighted by Gasteiger charge is -2.38. The van der Waals surface area contributed by atoms with Crippen LogP contribution in [0.25, 0.3) is 0 Å². The van der Waals surface area contributed by atoms with Crippen LogP contribution >= 0.6 is 0 Å². The Hall–Kier alpha value is -1.06. The van der Waals surface area contributed by atoms with Crippen LogP contribution in [0.4, 0.5) is 0 Å². The molecular weight excluding hydrogens is 218 g/mol. The summed E-state index contributed by atoms with van der Waals surface area (Å²) in [6, 6.07) is 0. The number of hydrogen-bond acceptors (Lipinski definition) is 2. The van der Waals surface area contributed by atoms with E-state index in [9.17, 15) is 9.59 Å². The summed E-state index contributed by atoms with van der Waals surface area (Å²) < 4.78 is 0. The minimum atomic E-state index is -0.829. The molecule has 0 spiro atoms. The van der Waals surface area contributed by atoms with Gasteiger partial charge in [-0.15, -0.1) is 0 Å². The van der Waals surface area contributed by atoms with E-state index in [0.717, 1.165) is 25.9 Å². The first-order valence-corrected chi connectivity index (χ1v) is 6.30. The lowest BCUT2D eigenvalue weighted by molar-refractivity contribution is -0.139. The van der Waals surface area contributed by atoms with Gasteiger partial charge in [-0.3, -0.25) is 9.59 Å². The molecule has 4 heteroatoms. The average Bonchev–Trinajstić information content (AvgIpc) is 2.14. The minimum Gasteiger partial charge on any atom is -0.481 e. The van der Waals surface area contributed by atoms with E-state index in [1.807, 2.05) is 11.8 Å². The number of piperidine rings is 1. The van der Waals surface area contributed by atoms with Crippen LogP contribution in [0.5, 0.6) is 0 Å². The molecule has 0 radical (unpaired) electrons. The van der Waals surface area contributed by atoms with Crippen molar-refractivity contribution in [1.82, 2.24) is 4.90 Å². The number of aliphatic carboxylic acids is 1. The molecule has 1 atom stereocenters. The number of hydrogen-bond donors (Lipinski definition) is 1. The Morgan fingerprint density at radius 1 is 1.35 bits per heavy atom. The van der Waals surface area contributed by atoms with Crippen molar-refractivity contribution in [3.8, 4) is 0 Å². The molecule has 0 aromatic carbocycles. The zero-order valence-electron chi connectivity index (χ0n) is 11.0. The summed E-state index contributed by atoms with van der Waals surface area (Å²) in [7, 11) is 0. The van der Waals surface area contributed by atoms with Crippen LogP contribution in [0.2, 0.25) is 0 Å². The summed E-state index contributed by atoms with van der Waals surface area (Å²) >= 11 is 0. The molecule has 1 N–H and O–H groups in total. The summed E-state index contributed by atoms with van der Waals surface area (Å²) in [6.07, 6.45) is 2.62. The van der Waals surface area contributed by atoms with Crippen molar-refractivity contribution in [2.75, 3.05) is 13.1 Å². The van der Waals surface area contributed by atoms with Gasteiger partial charge in [0.25, 0.3) is 0 Å². The standard InChI is InChI=1S/C13H23NO3/c1-10(8-12(16)17)7-11(15)14-6-4-5-13(2,3)9-14/h10H,4-9H2,1-3H3,(H,16,17). The van der Waals surface area contributed by atoms with Crippen LogP contribution < -0.4 is 0 Å². The molecule has 1 aliphatic heterocycles. The number of amides is 1. The predicted molar refractivity (Wildman–Crippen MR) is 65.6 cm³/mol. The highest BCUT2D eigenvalue weighted by atomic mass is 16.4. The average molecular weight is 241 g/mol. The smallest absolute Gasteiger partial charge is 0.303 e. The van der Waals surface area contributed by atoms with Crippen molar-refractivity contribution in [1.29, 1.82) is 0 Å². The van der Waals surface area contributed by atoms with Crippen LogP contribution in [0.3, 0.4) is 0 Å². The van der Waals surface area contributed by atoms with E-state index >= 15 is 0 Å². The molecule has 17 heavy (non-hydrogen) atoms. The van der Waals surface area contributed by atoms with Gasteiger partial charge in [0.2, 0.25) is 5.91 Å². The van der Waals surface area contributed by atoms with E-state index in [1.165, 1.54) is 0 Å². The summed E-state index contributed by atoms with van der Waals surface area (Å²) in [5, 5.41) is 8.67. The number of rotatable bonds is 4. The molecule has 1 amide bonds. The fourth-order valence-electron chi connectivity index (χ4n) is 2.43. The first-order valence-electron chi connectivity index (χ1n) is 6.30. The third-order valence-corrected chi connectivity index (χ3v) is 3.30. The molecule has 1 fully saturated rings. The van der Waals surface area contributed by atoms with Gasteiger partial charge in [0, 0.05) is 25.9 Å². The fourth-order valence-corrected chi connectivity index (χ4v) is 2.43. The van der Waals surface area contributed by atoms with Gasteiger partial charge >= 0.3 is 5.97 Å². The molecule has 1 saturated heterocycles. The maximum atomic E-state index is 12.0. The summed E-state index contributed by atoms with van der Waals surface area (Å²) in [5.74, 6) is -0.805. The Labute approximate surface area is 103 Å². The highest BCUT2D eigenvalue weighted by Gasteiger charge is 2.29. The van der Waals surface area contributed by atoms with Crippen molar-refractivity contribution in [3.63, 3.8) is 0 Å². The lowest BCUT2D eigenvalue weighted by atomic mass is 9.84. The monoisotopic (exact) mass is 241 g/mol. The first-order chi connectivity index (χ1) is 7.80. The third kappa shape index (κ3) is 4.75. The minimum absolute atomic E-state index is 0.0724. The normalized spacial score (nSPS) is 21.0. The first kappa shape index (κ1) is 14.0. The van der Waals surface area contributed by atoms with E-state index in [1.54, 1.807) is 0 Å². The van der Waals surface area contributed by atoms with Crippen LogP contribution in [0.1, 0.15) is 46.5 Å². The van der Waals surface area contributed by atoms with Crippen molar-refractivity contribution in [3.05, 3.63) is 0 Å². The van der Waals surface area contributed by atoms with E-state index in [4.69, 9.17) is 5.11 Å². The highest BCUT2D eigenvalue weighted by molar-refractivity contribution is 5.77. The molecular formula is C13H23NO3. The maximum absolute atomic E-state index is 12.0. The third-order valence-electron chi connectivity index (χ3n) is 3.30. The van der Waals surface area contributed by atoms with Gasteiger partial charge in [-0.1, -0.05) is 20.8 Å². The molecule has 0 aromatic heterocycles. The van der Waals surface area contributed by atoms with Gasteiger partial charge in [-0.2, -0.15) is 0 Å². The van der Waals surface area contributed by atoms with Crippen molar-refractivity contribution < 1.29 is 14.7 Å². The van der Waals surface area contributed by atoms with Gasteiger partial charge in [-0.25, -0.2) is 0 Å². The molecule has 0 aliphatic carbocycles. The zero-order valence-corrected chi connectivity index (χ0v) is 11.0. The van der Waals surface area contributed by atoms with Gasteiger partial charge in [-0.05, 0) is 24.2 Å². The summed E-state index contributed by atoms with van der Waals surface area (Å²) in [4.78, 5) is 24.4. The molecule has 1 rings (SSSR count). The number of carboxylic acids is 1. The van der Waals surface area contributed by atoms with E-state index < -0.39 is 5.97 Å². The van der Waals surface area contributed by atoms with Crippen LogP contribution in [-0.2, 0) is 9.59 Å².